The molecule has 1 amide bonds. The molecule has 0 saturated heterocycles. The normalized spacial score (nSPS) is 12.2. The Kier molecular flexibility index (Phi) is 5.45. The van der Waals surface area contributed by atoms with Crippen LogP contribution in [0.1, 0.15) is 6.42 Å². The van der Waals surface area contributed by atoms with Crippen molar-refractivity contribution in [1.82, 2.24) is 0 Å². The van der Waals surface area contributed by atoms with Gasteiger partial charge in [-0.15, -0.1) is 0 Å². The summed E-state index contributed by atoms with van der Waals surface area (Å²) in [6, 6.07) is 6.83. The second-order valence-corrected chi connectivity index (χ2v) is 4.30. The molecule has 0 bridgehead atoms. The van der Waals surface area contributed by atoms with Crippen molar-refractivity contribution in [3.8, 4) is 0 Å². The number of hydrogen-bond donors (Lipinski definition) is 2. The fraction of sp³-hybridized carbons (Fsp3) is 0.364. The van der Waals surface area contributed by atoms with Crippen molar-refractivity contribution in [2.45, 2.75) is 12.5 Å². The SMILES string of the molecule is COCCC(N)C(=O)Nc1cccc(Br)c1. The quantitative estimate of drug-likeness (QED) is 0.867. The molecule has 0 radical (unpaired) electrons. The molecule has 1 rings (SSSR count). The van der Waals surface area contributed by atoms with E-state index in [1.54, 1.807) is 7.11 Å². The highest BCUT2D eigenvalue weighted by Crippen LogP contribution is 2.15. The molecule has 88 valence electrons. The van der Waals surface area contributed by atoms with Crippen LogP contribution >= 0.6 is 15.9 Å². The van der Waals surface area contributed by atoms with E-state index in [1.807, 2.05) is 24.3 Å². The molecule has 5 heteroatoms. The summed E-state index contributed by atoms with van der Waals surface area (Å²) in [6.07, 6.45) is 0.510. The number of rotatable bonds is 5. The number of carbonyl (C=O) groups excluding carboxylic acids is 1. The van der Waals surface area contributed by atoms with Crippen LogP contribution in [0, 0.1) is 0 Å². The second kappa shape index (κ2) is 6.62. The molecule has 1 aromatic rings. The number of amides is 1. The van der Waals surface area contributed by atoms with Gasteiger partial charge < -0.3 is 15.8 Å². The van der Waals surface area contributed by atoms with Crippen LogP contribution in [0.5, 0.6) is 0 Å². The average Bonchev–Trinajstić information content (AvgIpc) is 2.25. The third-order valence-corrected chi connectivity index (χ3v) is 2.56. The van der Waals surface area contributed by atoms with E-state index in [-0.39, 0.29) is 5.91 Å². The number of carbonyl (C=O) groups is 1. The lowest BCUT2D eigenvalue weighted by atomic mass is 10.2. The summed E-state index contributed by atoms with van der Waals surface area (Å²) < 4.78 is 5.78. The number of anilines is 1. The first kappa shape index (κ1) is 13.2. The standard InChI is InChI=1S/C11H15BrN2O2/c1-16-6-5-10(13)11(15)14-9-4-2-3-8(12)7-9/h2-4,7,10H,5-6,13H2,1H3,(H,14,15). The summed E-state index contributed by atoms with van der Waals surface area (Å²) >= 11 is 3.33. The minimum absolute atomic E-state index is 0.199. The zero-order valence-corrected chi connectivity index (χ0v) is 10.7. The highest BCUT2D eigenvalue weighted by atomic mass is 79.9. The molecule has 0 fully saturated rings. The van der Waals surface area contributed by atoms with E-state index in [4.69, 9.17) is 10.5 Å². The Labute approximate surface area is 103 Å². The lowest BCUT2D eigenvalue weighted by molar-refractivity contribution is -0.117. The van der Waals surface area contributed by atoms with Crippen molar-refractivity contribution < 1.29 is 9.53 Å². The van der Waals surface area contributed by atoms with Crippen molar-refractivity contribution >= 4 is 27.5 Å². The minimum Gasteiger partial charge on any atom is -0.385 e. The van der Waals surface area contributed by atoms with Gasteiger partial charge in [-0.05, 0) is 24.6 Å². The Bertz CT molecular complexity index is 358. The molecule has 0 heterocycles. The smallest absolute Gasteiger partial charge is 0.241 e. The molecule has 0 aliphatic rings. The Morgan fingerprint density at radius 2 is 2.38 bits per heavy atom. The van der Waals surface area contributed by atoms with Crippen LogP contribution in [-0.4, -0.2) is 25.7 Å². The number of methoxy groups -OCH3 is 1. The number of nitrogens with two attached hydrogens (primary N) is 1. The summed E-state index contributed by atoms with van der Waals surface area (Å²) in [7, 11) is 1.58. The molecule has 1 atom stereocenters. The summed E-state index contributed by atoms with van der Waals surface area (Å²) in [5.74, 6) is -0.199. The fourth-order valence-corrected chi connectivity index (χ4v) is 1.58. The van der Waals surface area contributed by atoms with Crippen molar-refractivity contribution in [2.24, 2.45) is 5.73 Å². The topological polar surface area (TPSA) is 64.3 Å². The fourth-order valence-electron chi connectivity index (χ4n) is 1.18. The molecule has 0 aliphatic heterocycles. The molecule has 0 aromatic heterocycles. The number of hydrogen-bond acceptors (Lipinski definition) is 3. The minimum atomic E-state index is -0.543. The number of ether oxygens (including phenoxy) is 1. The van der Waals surface area contributed by atoms with Gasteiger partial charge in [-0.1, -0.05) is 22.0 Å². The zero-order chi connectivity index (χ0) is 12.0. The molecule has 1 unspecified atom stereocenters. The van der Waals surface area contributed by atoms with Gasteiger partial charge in [-0.25, -0.2) is 0 Å². The van der Waals surface area contributed by atoms with Crippen molar-refractivity contribution in [3.05, 3.63) is 28.7 Å². The summed E-state index contributed by atoms with van der Waals surface area (Å²) in [6.45, 7) is 0.479. The van der Waals surface area contributed by atoms with E-state index in [0.29, 0.717) is 13.0 Å². The average molecular weight is 287 g/mol. The predicted octanol–water partition coefficient (Wildman–Crippen LogP) is 1.75. The largest absolute Gasteiger partial charge is 0.385 e. The third kappa shape index (κ3) is 4.30. The predicted molar refractivity (Wildman–Crippen MR) is 67.2 cm³/mol. The van der Waals surface area contributed by atoms with Gasteiger partial charge in [0.15, 0.2) is 0 Å². The zero-order valence-electron chi connectivity index (χ0n) is 9.07. The maximum atomic E-state index is 11.6. The van der Waals surface area contributed by atoms with E-state index >= 15 is 0 Å². The van der Waals surface area contributed by atoms with Gasteiger partial charge in [0.05, 0.1) is 6.04 Å². The highest BCUT2D eigenvalue weighted by molar-refractivity contribution is 9.10. The summed E-state index contributed by atoms with van der Waals surface area (Å²) in [4.78, 5) is 11.6. The maximum Gasteiger partial charge on any atom is 0.241 e. The van der Waals surface area contributed by atoms with Gasteiger partial charge in [-0.2, -0.15) is 0 Å². The Morgan fingerprint density at radius 3 is 3.00 bits per heavy atom. The van der Waals surface area contributed by atoms with Gasteiger partial charge in [0.1, 0.15) is 0 Å². The molecule has 0 aliphatic carbocycles. The molecule has 0 saturated carbocycles. The van der Waals surface area contributed by atoms with Crippen LogP contribution in [-0.2, 0) is 9.53 Å². The van der Waals surface area contributed by atoms with Crippen molar-refractivity contribution in [3.63, 3.8) is 0 Å². The Hall–Kier alpha value is -0.910. The molecular formula is C11H15BrN2O2. The molecule has 0 spiro atoms. The van der Waals surface area contributed by atoms with E-state index in [1.165, 1.54) is 0 Å². The van der Waals surface area contributed by atoms with Crippen molar-refractivity contribution in [2.75, 3.05) is 19.0 Å². The van der Waals surface area contributed by atoms with Crippen LogP contribution in [0.25, 0.3) is 0 Å². The van der Waals surface area contributed by atoms with E-state index in [9.17, 15) is 4.79 Å². The van der Waals surface area contributed by atoms with Crippen LogP contribution < -0.4 is 11.1 Å². The summed E-state index contributed by atoms with van der Waals surface area (Å²) in [5, 5.41) is 2.74. The first-order valence-electron chi connectivity index (χ1n) is 4.94. The monoisotopic (exact) mass is 286 g/mol. The van der Waals surface area contributed by atoms with E-state index in [0.717, 1.165) is 10.2 Å². The number of nitrogens with one attached hydrogen (secondary N) is 1. The molecule has 3 N–H and O–H groups in total. The molecule has 16 heavy (non-hydrogen) atoms. The molecular weight excluding hydrogens is 272 g/mol. The van der Waals surface area contributed by atoms with E-state index in [2.05, 4.69) is 21.2 Å². The van der Waals surface area contributed by atoms with Gasteiger partial charge >= 0.3 is 0 Å². The van der Waals surface area contributed by atoms with Crippen LogP contribution in [0.2, 0.25) is 0 Å². The van der Waals surface area contributed by atoms with Crippen LogP contribution in [0.4, 0.5) is 5.69 Å². The van der Waals surface area contributed by atoms with Crippen LogP contribution in [0.3, 0.4) is 0 Å². The molecule has 4 nitrogen and oxygen atoms in total. The Morgan fingerprint density at radius 1 is 1.62 bits per heavy atom. The van der Waals surface area contributed by atoms with Gasteiger partial charge in [-0.3, -0.25) is 4.79 Å². The highest BCUT2D eigenvalue weighted by Gasteiger charge is 2.12. The molecule has 1 aromatic carbocycles. The first-order chi connectivity index (χ1) is 7.63. The number of halogens is 1. The van der Waals surface area contributed by atoms with Crippen LogP contribution in [0.15, 0.2) is 28.7 Å². The number of benzene rings is 1. The lowest BCUT2D eigenvalue weighted by Crippen LogP contribution is -2.36. The first-order valence-corrected chi connectivity index (χ1v) is 5.73. The van der Waals surface area contributed by atoms with Gasteiger partial charge in [0, 0.05) is 23.9 Å². The maximum absolute atomic E-state index is 11.6. The van der Waals surface area contributed by atoms with Crippen molar-refractivity contribution in [1.29, 1.82) is 0 Å². The lowest BCUT2D eigenvalue weighted by Gasteiger charge is -2.11. The Balaban J connectivity index is 2.50. The third-order valence-electron chi connectivity index (χ3n) is 2.06. The van der Waals surface area contributed by atoms with Gasteiger partial charge in [0.25, 0.3) is 0 Å². The second-order valence-electron chi connectivity index (χ2n) is 3.39. The van der Waals surface area contributed by atoms with Gasteiger partial charge in [0.2, 0.25) is 5.91 Å². The van der Waals surface area contributed by atoms with E-state index < -0.39 is 6.04 Å². The summed E-state index contributed by atoms with van der Waals surface area (Å²) in [5.41, 5.74) is 6.41.